The van der Waals surface area contributed by atoms with Crippen LogP contribution in [0.4, 0.5) is 4.39 Å². The van der Waals surface area contributed by atoms with Crippen LogP contribution in [-0.2, 0) is 4.79 Å². The van der Waals surface area contributed by atoms with Crippen molar-refractivity contribution in [1.29, 1.82) is 0 Å². The van der Waals surface area contributed by atoms with Gasteiger partial charge in [-0.2, -0.15) is 0 Å². The van der Waals surface area contributed by atoms with Gasteiger partial charge in [-0.1, -0.05) is 28.1 Å². The molecule has 2 nitrogen and oxygen atoms in total. The molecule has 1 rings (SSSR count). The monoisotopic (exact) mass is 258 g/mol. The molecule has 0 N–H and O–H groups in total. The third-order valence-corrected chi connectivity index (χ3v) is 2.28. The van der Waals surface area contributed by atoms with Crippen LogP contribution in [0.3, 0.4) is 0 Å². The lowest BCUT2D eigenvalue weighted by Gasteiger charge is -1.98. The first kappa shape index (κ1) is 11.0. The zero-order valence-corrected chi connectivity index (χ0v) is 8.88. The van der Waals surface area contributed by atoms with Crippen LogP contribution >= 0.6 is 15.9 Å². The van der Waals surface area contributed by atoms with Gasteiger partial charge in [-0.25, -0.2) is 4.39 Å². The Morgan fingerprint density at radius 2 is 2.07 bits per heavy atom. The second kappa shape index (κ2) is 5.00. The fraction of sp³-hybridized carbons (Fsp3) is 0.200. The van der Waals surface area contributed by atoms with Crippen LogP contribution in [0.5, 0.6) is 0 Å². The number of hydrogen-bond acceptors (Lipinski definition) is 2. The minimum Gasteiger partial charge on any atom is -0.298 e. The summed E-state index contributed by atoms with van der Waals surface area (Å²) in [4.78, 5) is 22.3. The second-order valence-corrected chi connectivity index (χ2v) is 3.34. The summed E-state index contributed by atoms with van der Waals surface area (Å²) in [6, 6.07) is 5.32. The smallest absolute Gasteiger partial charge is 0.170 e. The highest BCUT2D eigenvalue weighted by molar-refractivity contribution is 9.09. The van der Waals surface area contributed by atoms with Gasteiger partial charge in [0, 0.05) is 5.56 Å². The molecule has 0 aliphatic heterocycles. The highest BCUT2D eigenvalue weighted by Crippen LogP contribution is 2.07. The molecule has 0 amide bonds. The van der Waals surface area contributed by atoms with Gasteiger partial charge < -0.3 is 0 Å². The van der Waals surface area contributed by atoms with E-state index < -0.39 is 5.82 Å². The molecule has 0 fully saturated rings. The number of ketones is 2. The number of Topliss-reactive ketones (excluding diaryl/α,β-unsaturated/α-hetero) is 2. The summed E-state index contributed by atoms with van der Waals surface area (Å²) in [7, 11) is 0. The number of alkyl halides is 1. The minimum atomic E-state index is -0.470. The molecule has 0 spiro atoms. The molecule has 74 valence electrons. The van der Waals surface area contributed by atoms with Gasteiger partial charge in [-0.05, 0) is 12.1 Å². The van der Waals surface area contributed by atoms with Crippen molar-refractivity contribution in [2.75, 3.05) is 5.33 Å². The lowest BCUT2D eigenvalue weighted by molar-refractivity contribution is -0.115. The van der Waals surface area contributed by atoms with Crippen LogP contribution in [0.1, 0.15) is 16.8 Å². The fourth-order valence-corrected chi connectivity index (χ4v) is 1.19. The van der Waals surface area contributed by atoms with Gasteiger partial charge in [0.2, 0.25) is 0 Å². The average molecular weight is 259 g/mol. The molecular weight excluding hydrogens is 251 g/mol. The van der Waals surface area contributed by atoms with Crippen molar-refractivity contribution in [3.8, 4) is 0 Å². The average Bonchev–Trinajstić information content (AvgIpc) is 2.17. The van der Waals surface area contributed by atoms with E-state index in [9.17, 15) is 14.0 Å². The number of halogens is 2. The maximum atomic E-state index is 12.7. The number of carbonyl (C=O) groups is 2. The Morgan fingerprint density at radius 1 is 1.36 bits per heavy atom. The van der Waals surface area contributed by atoms with E-state index in [4.69, 9.17) is 0 Å². The Hall–Kier alpha value is -1.03. The molecule has 0 aliphatic rings. The Balaban J connectivity index is 2.75. The van der Waals surface area contributed by atoms with Gasteiger partial charge in [0.25, 0.3) is 0 Å². The van der Waals surface area contributed by atoms with Crippen molar-refractivity contribution in [1.82, 2.24) is 0 Å². The molecular formula is C10H8BrFO2. The number of hydrogen-bond donors (Lipinski definition) is 0. The molecule has 0 heterocycles. The van der Waals surface area contributed by atoms with Crippen molar-refractivity contribution in [2.24, 2.45) is 0 Å². The quantitative estimate of drug-likeness (QED) is 0.472. The Morgan fingerprint density at radius 3 is 2.64 bits per heavy atom. The summed E-state index contributed by atoms with van der Waals surface area (Å²) in [6.07, 6.45) is -0.186. The van der Waals surface area contributed by atoms with Crippen molar-refractivity contribution in [3.05, 3.63) is 35.6 Å². The topological polar surface area (TPSA) is 34.1 Å². The summed E-state index contributed by atoms with van der Waals surface area (Å²) < 4.78 is 12.7. The van der Waals surface area contributed by atoms with E-state index in [0.29, 0.717) is 0 Å². The molecule has 0 aliphatic carbocycles. The van der Waals surface area contributed by atoms with E-state index >= 15 is 0 Å². The number of rotatable bonds is 4. The van der Waals surface area contributed by atoms with Crippen LogP contribution in [0.15, 0.2) is 24.3 Å². The first-order chi connectivity index (χ1) is 6.63. The van der Waals surface area contributed by atoms with E-state index in [2.05, 4.69) is 15.9 Å². The van der Waals surface area contributed by atoms with Gasteiger partial charge >= 0.3 is 0 Å². The molecule has 0 atom stereocenters. The summed E-state index contributed by atoms with van der Waals surface area (Å²) in [5.74, 6) is -1.03. The summed E-state index contributed by atoms with van der Waals surface area (Å²) in [5.41, 5.74) is 0.235. The first-order valence-corrected chi connectivity index (χ1v) is 5.12. The second-order valence-electron chi connectivity index (χ2n) is 2.78. The predicted molar refractivity (Wildman–Crippen MR) is 54.1 cm³/mol. The molecule has 0 saturated heterocycles. The van der Waals surface area contributed by atoms with Crippen molar-refractivity contribution in [2.45, 2.75) is 6.42 Å². The molecule has 14 heavy (non-hydrogen) atoms. The summed E-state index contributed by atoms with van der Waals surface area (Å²) in [5, 5.41) is 0.147. The lowest BCUT2D eigenvalue weighted by Crippen LogP contribution is -2.08. The summed E-state index contributed by atoms with van der Waals surface area (Å²) in [6.45, 7) is 0. The molecule has 0 saturated carbocycles. The van der Waals surface area contributed by atoms with Gasteiger partial charge in [-0.15, -0.1) is 0 Å². The number of benzene rings is 1. The van der Waals surface area contributed by atoms with Crippen molar-refractivity contribution in [3.63, 3.8) is 0 Å². The fourth-order valence-electron chi connectivity index (χ4n) is 0.990. The van der Waals surface area contributed by atoms with E-state index in [1.807, 2.05) is 0 Å². The standard InChI is InChI=1S/C10H8BrFO2/c11-6-9(13)5-10(14)7-2-1-3-8(12)4-7/h1-4H,5-6H2. The van der Waals surface area contributed by atoms with Gasteiger partial charge in [0.05, 0.1) is 11.8 Å². The largest absolute Gasteiger partial charge is 0.298 e. The highest BCUT2D eigenvalue weighted by Gasteiger charge is 2.10. The third-order valence-electron chi connectivity index (χ3n) is 1.65. The Kier molecular flexibility index (Phi) is 3.95. The maximum Gasteiger partial charge on any atom is 0.170 e. The molecule has 0 radical (unpaired) electrons. The van der Waals surface area contributed by atoms with E-state index in [-0.39, 0.29) is 28.9 Å². The van der Waals surface area contributed by atoms with Crippen LogP contribution in [0, 0.1) is 5.82 Å². The molecule has 4 heteroatoms. The number of carbonyl (C=O) groups excluding carboxylic acids is 2. The van der Waals surface area contributed by atoms with Crippen LogP contribution in [0.2, 0.25) is 0 Å². The molecule has 1 aromatic rings. The van der Waals surface area contributed by atoms with E-state index in [1.165, 1.54) is 18.2 Å². The van der Waals surface area contributed by atoms with Gasteiger partial charge in [0.15, 0.2) is 11.6 Å². The maximum absolute atomic E-state index is 12.7. The normalized spacial score (nSPS) is 9.86. The van der Waals surface area contributed by atoms with Crippen LogP contribution in [-0.4, -0.2) is 16.9 Å². The van der Waals surface area contributed by atoms with Crippen LogP contribution < -0.4 is 0 Å². The van der Waals surface area contributed by atoms with E-state index in [1.54, 1.807) is 0 Å². The first-order valence-electron chi connectivity index (χ1n) is 4.00. The lowest BCUT2D eigenvalue weighted by atomic mass is 10.1. The molecule has 0 aromatic heterocycles. The molecule has 1 aromatic carbocycles. The SMILES string of the molecule is O=C(CBr)CC(=O)c1cccc(F)c1. The van der Waals surface area contributed by atoms with Crippen molar-refractivity contribution >= 4 is 27.5 Å². The zero-order valence-electron chi connectivity index (χ0n) is 7.30. The Bertz CT molecular complexity index is 363. The van der Waals surface area contributed by atoms with Crippen molar-refractivity contribution < 1.29 is 14.0 Å². The zero-order chi connectivity index (χ0) is 10.6. The van der Waals surface area contributed by atoms with Gasteiger partial charge in [-0.3, -0.25) is 9.59 Å². The van der Waals surface area contributed by atoms with E-state index in [0.717, 1.165) is 6.07 Å². The van der Waals surface area contributed by atoms with Gasteiger partial charge in [0.1, 0.15) is 5.82 Å². The van der Waals surface area contributed by atoms with Crippen LogP contribution in [0.25, 0.3) is 0 Å². The summed E-state index contributed by atoms with van der Waals surface area (Å²) >= 11 is 2.95. The highest BCUT2D eigenvalue weighted by atomic mass is 79.9. The minimum absolute atomic E-state index is 0.147. The predicted octanol–water partition coefficient (Wildman–Crippen LogP) is 2.36. The molecule has 0 unspecified atom stereocenters. The third kappa shape index (κ3) is 3.03. The molecule has 0 bridgehead atoms. The Labute approximate surface area is 89.2 Å².